The lowest BCUT2D eigenvalue weighted by Gasteiger charge is -2.08. The molecule has 1 aliphatic rings. The van der Waals surface area contributed by atoms with E-state index in [1.807, 2.05) is 0 Å². The quantitative estimate of drug-likeness (QED) is 0.634. The van der Waals surface area contributed by atoms with Gasteiger partial charge in [0.1, 0.15) is 0 Å². The Bertz CT molecular complexity index is 285. The molecule has 0 heterocycles. The Labute approximate surface area is 75.8 Å². The Kier molecular flexibility index (Phi) is 2.38. The monoisotopic (exact) mass is 184 g/mol. The molecule has 0 saturated heterocycles. The van der Waals surface area contributed by atoms with Crippen molar-refractivity contribution in [3.8, 4) is 0 Å². The minimum Gasteiger partial charge on any atom is -0.478 e. The van der Waals surface area contributed by atoms with Gasteiger partial charge in [-0.25, -0.2) is 4.79 Å². The Balaban J connectivity index is 2.94. The normalized spacial score (nSPS) is 28.0. The van der Waals surface area contributed by atoms with Crippen molar-refractivity contribution in [1.82, 2.24) is 0 Å². The number of carboxylic acids is 1. The highest BCUT2D eigenvalue weighted by atomic mass is 35.5. The lowest BCUT2D eigenvalue weighted by molar-refractivity contribution is -0.132. The average molecular weight is 185 g/mol. The second kappa shape index (κ2) is 3.15. The molecule has 0 fully saturated rings. The van der Waals surface area contributed by atoms with E-state index in [0.717, 1.165) is 0 Å². The Morgan fingerprint density at radius 2 is 2.25 bits per heavy atom. The van der Waals surface area contributed by atoms with Crippen LogP contribution in [-0.4, -0.2) is 16.0 Å². The van der Waals surface area contributed by atoms with Gasteiger partial charge in [-0.1, -0.05) is 18.2 Å². The highest BCUT2D eigenvalue weighted by Gasteiger charge is 2.14. The number of carboxylic acid groups (broad SMARTS) is 1. The molecule has 64 valence electrons. The molecule has 1 atom stereocenters. The molecule has 0 aromatic rings. The lowest BCUT2D eigenvalue weighted by Crippen LogP contribution is -2.06. The van der Waals surface area contributed by atoms with Gasteiger partial charge in [0.2, 0.25) is 0 Å². The molecule has 1 aliphatic carbocycles. The van der Waals surface area contributed by atoms with E-state index in [-0.39, 0.29) is 5.57 Å². The van der Waals surface area contributed by atoms with E-state index in [2.05, 4.69) is 0 Å². The number of rotatable bonds is 1. The zero-order valence-electron chi connectivity index (χ0n) is 6.62. The molecule has 0 aromatic heterocycles. The van der Waals surface area contributed by atoms with Crippen molar-refractivity contribution in [2.45, 2.75) is 11.8 Å². The third-order valence-electron chi connectivity index (χ3n) is 1.53. The van der Waals surface area contributed by atoms with E-state index in [0.29, 0.717) is 0 Å². The first-order valence-electron chi connectivity index (χ1n) is 3.52. The van der Waals surface area contributed by atoms with E-state index < -0.39 is 10.8 Å². The molecule has 0 spiro atoms. The van der Waals surface area contributed by atoms with Crippen LogP contribution in [0.25, 0.3) is 0 Å². The standard InChI is InChI=1S/C9H9ClO2/c1-9(10)5-2-3-7(4-6-9)8(11)12/h2-6H,1H3,(H,11,12). The zero-order valence-corrected chi connectivity index (χ0v) is 7.38. The maximum absolute atomic E-state index is 10.5. The Hall–Kier alpha value is -1.02. The van der Waals surface area contributed by atoms with Crippen LogP contribution in [0.2, 0.25) is 0 Å². The van der Waals surface area contributed by atoms with Crippen LogP contribution < -0.4 is 0 Å². The molecule has 0 aliphatic heterocycles. The summed E-state index contributed by atoms with van der Waals surface area (Å²) in [5.74, 6) is -0.940. The number of carbonyl (C=O) groups is 1. The van der Waals surface area contributed by atoms with E-state index >= 15 is 0 Å². The van der Waals surface area contributed by atoms with Gasteiger partial charge in [-0.15, -0.1) is 11.6 Å². The van der Waals surface area contributed by atoms with Crippen molar-refractivity contribution in [1.29, 1.82) is 0 Å². The van der Waals surface area contributed by atoms with Gasteiger partial charge in [0, 0.05) is 0 Å². The molecule has 1 unspecified atom stereocenters. The number of allylic oxidation sites excluding steroid dienone is 4. The van der Waals surface area contributed by atoms with E-state index in [1.165, 1.54) is 12.2 Å². The highest BCUT2D eigenvalue weighted by Crippen LogP contribution is 2.21. The van der Waals surface area contributed by atoms with Crippen molar-refractivity contribution in [2.24, 2.45) is 0 Å². The predicted molar refractivity (Wildman–Crippen MR) is 48.3 cm³/mol. The van der Waals surface area contributed by atoms with Crippen molar-refractivity contribution in [2.75, 3.05) is 0 Å². The molecule has 0 bridgehead atoms. The Morgan fingerprint density at radius 1 is 1.58 bits per heavy atom. The summed E-state index contributed by atoms with van der Waals surface area (Å²) < 4.78 is 0. The van der Waals surface area contributed by atoms with Crippen LogP contribution in [0.3, 0.4) is 0 Å². The lowest BCUT2D eigenvalue weighted by atomic mass is 10.1. The van der Waals surface area contributed by atoms with E-state index in [1.54, 1.807) is 25.2 Å². The number of hydrogen-bond donors (Lipinski definition) is 1. The maximum Gasteiger partial charge on any atom is 0.335 e. The molecule has 0 saturated carbocycles. The van der Waals surface area contributed by atoms with Gasteiger partial charge in [-0.05, 0) is 19.1 Å². The van der Waals surface area contributed by atoms with Gasteiger partial charge in [-0.2, -0.15) is 0 Å². The van der Waals surface area contributed by atoms with Gasteiger partial charge in [0.05, 0.1) is 10.4 Å². The molecule has 0 radical (unpaired) electrons. The molecule has 2 nitrogen and oxygen atoms in total. The van der Waals surface area contributed by atoms with E-state index in [4.69, 9.17) is 16.7 Å². The fraction of sp³-hybridized carbons (Fsp3) is 0.222. The van der Waals surface area contributed by atoms with Crippen LogP contribution in [0, 0.1) is 0 Å². The average Bonchev–Trinajstić information content (AvgIpc) is 2.10. The summed E-state index contributed by atoms with van der Waals surface area (Å²) in [4.78, 5) is 9.95. The number of halogens is 1. The first-order valence-corrected chi connectivity index (χ1v) is 3.90. The van der Waals surface area contributed by atoms with Crippen molar-refractivity contribution in [3.63, 3.8) is 0 Å². The smallest absolute Gasteiger partial charge is 0.335 e. The zero-order chi connectivity index (χ0) is 9.19. The van der Waals surface area contributed by atoms with Crippen molar-refractivity contribution in [3.05, 3.63) is 36.0 Å². The Morgan fingerprint density at radius 3 is 2.83 bits per heavy atom. The third kappa shape index (κ3) is 2.24. The maximum atomic E-state index is 10.5. The second-order valence-electron chi connectivity index (χ2n) is 2.77. The summed E-state index contributed by atoms with van der Waals surface area (Å²) >= 11 is 5.95. The third-order valence-corrected chi connectivity index (χ3v) is 1.79. The summed E-state index contributed by atoms with van der Waals surface area (Å²) in [6.45, 7) is 1.79. The van der Waals surface area contributed by atoms with Crippen molar-refractivity contribution >= 4 is 17.6 Å². The fourth-order valence-corrected chi connectivity index (χ4v) is 0.982. The molecular formula is C9H9ClO2. The number of hydrogen-bond acceptors (Lipinski definition) is 1. The van der Waals surface area contributed by atoms with Crippen LogP contribution in [0.1, 0.15) is 6.92 Å². The molecule has 12 heavy (non-hydrogen) atoms. The summed E-state index contributed by atoms with van der Waals surface area (Å²) in [5, 5.41) is 8.64. The minimum atomic E-state index is -0.940. The largest absolute Gasteiger partial charge is 0.478 e. The van der Waals surface area contributed by atoms with Crippen LogP contribution in [-0.2, 0) is 4.79 Å². The molecule has 0 amide bonds. The minimum absolute atomic E-state index is 0.246. The van der Waals surface area contributed by atoms with E-state index in [9.17, 15) is 4.79 Å². The summed E-state index contributed by atoms with van der Waals surface area (Å²) in [7, 11) is 0. The van der Waals surface area contributed by atoms with Crippen LogP contribution >= 0.6 is 11.6 Å². The highest BCUT2D eigenvalue weighted by molar-refractivity contribution is 6.26. The van der Waals surface area contributed by atoms with Gasteiger partial charge < -0.3 is 5.11 Å². The van der Waals surface area contributed by atoms with Gasteiger partial charge >= 0.3 is 5.97 Å². The molecular weight excluding hydrogens is 176 g/mol. The molecule has 3 heteroatoms. The molecule has 0 aromatic carbocycles. The number of aliphatic carboxylic acids is 1. The SMILES string of the molecule is CC1(Cl)C=CC=C(C(=O)O)C=C1. The predicted octanol–water partition coefficient (Wildman–Crippen LogP) is 2.12. The fourth-order valence-electron chi connectivity index (χ4n) is 0.846. The first kappa shape index (κ1) is 9.07. The van der Waals surface area contributed by atoms with Gasteiger partial charge in [0.25, 0.3) is 0 Å². The molecule has 1 rings (SSSR count). The topological polar surface area (TPSA) is 37.3 Å². The van der Waals surface area contributed by atoms with Gasteiger partial charge in [0.15, 0.2) is 0 Å². The van der Waals surface area contributed by atoms with Crippen LogP contribution in [0.15, 0.2) is 36.0 Å². The van der Waals surface area contributed by atoms with Crippen LogP contribution in [0.5, 0.6) is 0 Å². The second-order valence-corrected chi connectivity index (χ2v) is 3.59. The first-order chi connectivity index (χ1) is 5.51. The summed E-state index contributed by atoms with van der Waals surface area (Å²) in [5.41, 5.74) is 0.246. The molecule has 1 N–H and O–H groups in total. The summed E-state index contributed by atoms with van der Waals surface area (Å²) in [6.07, 6.45) is 8.07. The number of alkyl halides is 1. The van der Waals surface area contributed by atoms with Crippen LogP contribution in [0.4, 0.5) is 0 Å². The van der Waals surface area contributed by atoms with Crippen molar-refractivity contribution < 1.29 is 9.90 Å². The summed E-state index contributed by atoms with van der Waals surface area (Å²) in [6, 6.07) is 0. The van der Waals surface area contributed by atoms with Gasteiger partial charge in [-0.3, -0.25) is 0 Å².